The van der Waals surface area contributed by atoms with Crippen LogP contribution in [0.15, 0.2) is 46.2 Å². The predicted molar refractivity (Wildman–Crippen MR) is 118 cm³/mol. The SMILES string of the molecule is CCc1ccccc1NC(=O)CN1CCN([C@H](C)c2nnc(-c3cccs3)o2)CC1. The summed E-state index contributed by atoms with van der Waals surface area (Å²) < 4.78 is 5.89. The zero-order valence-electron chi connectivity index (χ0n) is 17.4. The van der Waals surface area contributed by atoms with E-state index < -0.39 is 0 Å². The third-order valence-corrected chi connectivity index (χ3v) is 6.38. The van der Waals surface area contributed by atoms with Crippen LogP contribution in [0.5, 0.6) is 0 Å². The molecule has 7 nitrogen and oxygen atoms in total. The van der Waals surface area contributed by atoms with E-state index in [2.05, 4.69) is 45.2 Å². The topological polar surface area (TPSA) is 74.5 Å². The van der Waals surface area contributed by atoms with E-state index in [9.17, 15) is 4.79 Å². The van der Waals surface area contributed by atoms with E-state index in [1.165, 1.54) is 0 Å². The average Bonchev–Trinajstić information content (AvgIpc) is 3.46. The first-order valence-electron chi connectivity index (χ1n) is 10.4. The summed E-state index contributed by atoms with van der Waals surface area (Å²) in [5.41, 5.74) is 2.07. The fourth-order valence-corrected chi connectivity index (χ4v) is 4.36. The van der Waals surface area contributed by atoms with Crippen LogP contribution in [-0.2, 0) is 11.2 Å². The molecule has 1 aromatic carbocycles. The van der Waals surface area contributed by atoms with Gasteiger partial charge in [0.2, 0.25) is 11.8 Å². The molecular weight excluding hydrogens is 398 g/mol. The van der Waals surface area contributed by atoms with Crippen LogP contribution < -0.4 is 5.32 Å². The van der Waals surface area contributed by atoms with Crippen LogP contribution in [0.2, 0.25) is 0 Å². The maximum absolute atomic E-state index is 12.5. The number of amides is 1. The van der Waals surface area contributed by atoms with Gasteiger partial charge in [-0.25, -0.2) is 0 Å². The number of carbonyl (C=O) groups excluding carboxylic acids is 1. The van der Waals surface area contributed by atoms with Gasteiger partial charge in [0.05, 0.1) is 17.5 Å². The number of hydrogen-bond donors (Lipinski definition) is 1. The molecule has 1 aliphatic rings. The van der Waals surface area contributed by atoms with Gasteiger partial charge in [-0.3, -0.25) is 14.6 Å². The van der Waals surface area contributed by atoms with E-state index in [1.54, 1.807) is 11.3 Å². The molecule has 3 aromatic rings. The van der Waals surface area contributed by atoms with Crippen molar-refractivity contribution in [3.63, 3.8) is 0 Å². The van der Waals surface area contributed by atoms with Crippen molar-refractivity contribution in [2.75, 3.05) is 38.0 Å². The Bertz CT molecular complexity index is 964. The highest BCUT2D eigenvalue weighted by atomic mass is 32.1. The average molecular weight is 426 g/mol. The molecule has 1 amide bonds. The van der Waals surface area contributed by atoms with E-state index in [4.69, 9.17) is 4.42 Å². The van der Waals surface area contributed by atoms with E-state index in [1.807, 2.05) is 35.7 Å². The highest BCUT2D eigenvalue weighted by Gasteiger charge is 2.26. The molecule has 0 radical (unpaired) electrons. The summed E-state index contributed by atoms with van der Waals surface area (Å²) in [6, 6.07) is 12.0. The second-order valence-electron chi connectivity index (χ2n) is 7.47. The lowest BCUT2D eigenvalue weighted by Gasteiger charge is -2.36. The first kappa shape index (κ1) is 20.7. The molecule has 1 saturated heterocycles. The van der Waals surface area contributed by atoms with Crippen LogP contribution >= 0.6 is 11.3 Å². The molecule has 3 heterocycles. The number of anilines is 1. The summed E-state index contributed by atoms with van der Waals surface area (Å²) in [5, 5.41) is 13.5. The third kappa shape index (κ3) is 4.77. The molecule has 0 spiro atoms. The van der Waals surface area contributed by atoms with Gasteiger partial charge in [-0.1, -0.05) is 31.2 Å². The molecule has 158 valence electrons. The molecule has 1 N–H and O–H groups in total. The number of aryl methyl sites for hydroxylation is 1. The molecule has 0 saturated carbocycles. The number of hydrogen-bond acceptors (Lipinski definition) is 7. The van der Waals surface area contributed by atoms with Crippen molar-refractivity contribution in [2.24, 2.45) is 0 Å². The Labute approximate surface area is 180 Å². The molecule has 0 aliphatic carbocycles. The molecule has 1 fully saturated rings. The summed E-state index contributed by atoms with van der Waals surface area (Å²) in [7, 11) is 0. The number of para-hydroxylation sites is 1. The lowest BCUT2D eigenvalue weighted by molar-refractivity contribution is -0.117. The minimum atomic E-state index is 0.0369. The van der Waals surface area contributed by atoms with Gasteiger partial charge in [-0.2, -0.15) is 0 Å². The second-order valence-corrected chi connectivity index (χ2v) is 8.42. The smallest absolute Gasteiger partial charge is 0.257 e. The maximum atomic E-state index is 12.5. The molecule has 4 rings (SSSR count). The fourth-order valence-electron chi connectivity index (χ4n) is 3.71. The van der Waals surface area contributed by atoms with Crippen molar-refractivity contribution in [1.29, 1.82) is 0 Å². The molecule has 30 heavy (non-hydrogen) atoms. The Morgan fingerprint density at radius 1 is 1.17 bits per heavy atom. The van der Waals surface area contributed by atoms with Gasteiger partial charge in [-0.15, -0.1) is 21.5 Å². The Morgan fingerprint density at radius 3 is 2.70 bits per heavy atom. The van der Waals surface area contributed by atoms with Crippen molar-refractivity contribution < 1.29 is 9.21 Å². The lowest BCUT2D eigenvalue weighted by Crippen LogP contribution is -2.49. The molecule has 8 heteroatoms. The first-order valence-corrected chi connectivity index (χ1v) is 11.2. The van der Waals surface area contributed by atoms with Crippen molar-refractivity contribution in [3.8, 4) is 10.8 Å². The Hall–Kier alpha value is -2.55. The molecule has 0 unspecified atom stereocenters. The number of carbonyl (C=O) groups is 1. The summed E-state index contributed by atoms with van der Waals surface area (Å²) in [5.74, 6) is 1.25. The summed E-state index contributed by atoms with van der Waals surface area (Å²) in [6.45, 7) is 7.98. The highest BCUT2D eigenvalue weighted by molar-refractivity contribution is 7.13. The largest absolute Gasteiger partial charge is 0.418 e. The monoisotopic (exact) mass is 425 g/mol. The fraction of sp³-hybridized carbons (Fsp3) is 0.409. The van der Waals surface area contributed by atoms with E-state index in [0.29, 0.717) is 18.3 Å². The van der Waals surface area contributed by atoms with Gasteiger partial charge >= 0.3 is 0 Å². The van der Waals surface area contributed by atoms with E-state index in [-0.39, 0.29) is 11.9 Å². The highest BCUT2D eigenvalue weighted by Crippen LogP contribution is 2.27. The third-order valence-electron chi connectivity index (χ3n) is 5.52. The van der Waals surface area contributed by atoms with Crippen molar-refractivity contribution >= 4 is 22.9 Å². The predicted octanol–water partition coefficient (Wildman–Crippen LogP) is 3.68. The van der Waals surface area contributed by atoms with Gasteiger partial charge in [0.1, 0.15) is 0 Å². The number of aromatic nitrogens is 2. The van der Waals surface area contributed by atoms with Crippen molar-refractivity contribution in [3.05, 3.63) is 53.2 Å². The van der Waals surface area contributed by atoms with Gasteiger partial charge in [0, 0.05) is 31.9 Å². The number of nitrogens with one attached hydrogen (secondary N) is 1. The Balaban J connectivity index is 1.28. The normalized spacial score (nSPS) is 16.5. The number of nitrogens with zero attached hydrogens (tertiary/aromatic N) is 4. The molecule has 0 bridgehead atoms. The zero-order chi connectivity index (χ0) is 20.9. The summed E-state index contributed by atoms with van der Waals surface area (Å²) in [6.07, 6.45) is 0.900. The van der Waals surface area contributed by atoms with Gasteiger partial charge in [0.25, 0.3) is 5.89 Å². The van der Waals surface area contributed by atoms with Gasteiger partial charge in [0.15, 0.2) is 0 Å². The van der Waals surface area contributed by atoms with E-state index >= 15 is 0 Å². The Morgan fingerprint density at radius 2 is 1.97 bits per heavy atom. The van der Waals surface area contributed by atoms with Crippen LogP contribution in [-0.4, -0.2) is 58.6 Å². The Kier molecular flexibility index (Phi) is 6.56. The quantitative estimate of drug-likeness (QED) is 0.622. The lowest BCUT2D eigenvalue weighted by atomic mass is 10.1. The zero-order valence-corrected chi connectivity index (χ0v) is 18.2. The van der Waals surface area contributed by atoms with Crippen molar-refractivity contribution in [1.82, 2.24) is 20.0 Å². The van der Waals surface area contributed by atoms with Crippen molar-refractivity contribution in [2.45, 2.75) is 26.3 Å². The molecule has 1 aliphatic heterocycles. The van der Waals surface area contributed by atoms with Gasteiger partial charge < -0.3 is 9.73 Å². The van der Waals surface area contributed by atoms with Gasteiger partial charge in [-0.05, 0) is 36.4 Å². The summed E-state index contributed by atoms with van der Waals surface area (Å²) >= 11 is 1.59. The molecular formula is C22H27N5O2S. The number of benzene rings is 1. The van der Waals surface area contributed by atoms with Crippen LogP contribution in [0, 0.1) is 0 Å². The van der Waals surface area contributed by atoms with Crippen LogP contribution in [0.25, 0.3) is 10.8 Å². The first-order chi connectivity index (χ1) is 14.6. The standard InChI is InChI=1S/C22H27N5O2S/c1-3-17-7-4-5-8-18(17)23-20(28)15-26-10-12-27(13-11-26)16(2)21-24-25-22(29-21)19-9-6-14-30-19/h4-9,14,16H,3,10-13,15H2,1-2H3,(H,23,28)/t16-/m1/s1. The second kappa shape index (κ2) is 9.51. The van der Waals surface area contributed by atoms with E-state index in [0.717, 1.165) is 48.7 Å². The number of piperazine rings is 1. The minimum absolute atomic E-state index is 0.0369. The summed E-state index contributed by atoms with van der Waals surface area (Å²) in [4.78, 5) is 18.0. The molecule has 2 aromatic heterocycles. The van der Waals surface area contributed by atoms with Crippen LogP contribution in [0.3, 0.4) is 0 Å². The minimum Gasteiger partial charge on any atom is -0.418 e. The maximum Gasteiger partial charge on any atom is 0.257 e. The molecule has 1 atom stereocenters. The number of rotatable bonds is 7. The van der Waals surface area contributed by atoms with Crippen LogP contribution in [0.4, 0.5) is 5.69 Å². The number of thiophene rings is 1. The van der Waals surface area contributed by atoms with Crippen LogP contribution in [0.1, 0.15) is 31.3 Å².